The van der Waals surface area contributed by atoms with Crippen molar-refractivity contribution in [3.8, 4) is 0 Å². The van der Waals surface area contributed by atoms with Gasteiger partial charge in [0.1, 0.15) is 0 Å². The van der Waals surface area contributed by atoms with Gasteiger partial charge in [0.2, 0.25) is 0 Å². The first kappa shape index (κ1) is 14.3. The summed E-state index contributed by atoms with van der Waals surface area (Å²) in [6, 6.07) is 9.15. The summed E-state index contributed by atoms with van der Waals surface area (Å²) in [5, 5.41) is 4.32. The fourth-order valence-electron chi connectivity index (χ4n) is 2.55. The molecule has 1 aromatic carbocycles. The Hall–Kier alpha value is -1.16. The van der Waals surface area contributed by atoms with E-state index in [1.807, 2.05) is 0 Å². The molecule has 2 N–H and O–H groups in total. The molecule has 1 atom stereocenters. The lowest BCUT2D eigenvalue weighted by Crippen LogP contribution is -2.30. The molecule has 2 aromatic rings. The van der Waals surface area contributed by atoms with Crippen LogP contribution in [0.5, 0.6) is 0 Å². The average molecular weight is 274 g/mol. The SMILES string of the molecule is Cc1cc(C)cc(C(CN)N(C)Cc2ccsc2)c1. The molecule has 0 aliphatic rings. The first-order valence-electron chi connectivity index (χ1n) is 6.59. The molecule has 3 heteroatoms. The smallest absolute Gasteiger partial charge is 0.0471 e. The van der Waals surface area contributed by atoms with E-state index in [2.05, 4.69) is 60.8 Å². The van der Waals surface area contributed by atoms with Crippen LogP contribution in [0.4, 0.5) is 0 Å². The molecular weight excluding hydrogens is 252 g/mol. The maximum atomic E-state index is 6.00. The number of likely N-dealkylation sites (N-methyl/N-ethyl adjacent to an activating group) is 1. The van der Waals surface area contributed by atoms with Crippen molar-refractivity contribution in [1.29, 1.82) is 0 Å². The van der Waals surface area contributed by atoms with Gasteiger partial charge in [-0.15, -0.1) is 0 Å². The lowest BCUT2D eigenvalue weighted by atomic mass is 10.00. The topological polar surface area (TPSA) is 29.3 Å². The maximum Gasteiger partial charge on any atom is 0.0471 e. The Kier molecular flexibility index (Phi) is 4.75. The van der Waals surface area contributed by atoms with Crippen LogP contribution >= 0.6 is 11.3 Å². The van der Waals surface area contributed by atoms with Crippen molar-refractivity contribution in [2.24, 2.45) is 5.73 Å². The van der Waals surface area contributed by atoms with Gasteiger partial charge in [0, 0.05) is 19.1 Å². The molecule has 0 fully saturated rings. The monoisotopic (exact) mass is 274 g/mol. The fraction of sp³-hybridized carbons (Fsp3) is 0.375. The number of hydrogen-bond acceptors (Lipinski definition) is 3. The van der Waals surface area contributed by atoms with E-state index >= 15 is 0 Å². The van der Waals surface area contributed by atoms with Gasteiger partial charge in [0.05, 0.1) is 0 Å². The highest BCUT2D eigenvalue weighted by Gasteiger charge is 2.16. The predicted molar refractivity (Wildman–Crippen MR) is 83.5 cm³/mol. The van der Waals surface area contributed by atoms with E-state index in [1.165, 1.54) is 22.3 Å². The number of rotatable bonds is 5. The summed E-state index contributed by atoms with van der Waals surface area (Å²) in [7, 11) is 2.15. The van der Waals surface area contributed by atoms with Crippen molar-refractivity contribution in [2.75, 3.05) is 13.6 Å². The van der Waals surface area contributed by atoms with Crippen molar-refractivity contribution in [1.82, 2.24) is 4.90 Å². The second kappa shape index (κ2) is 6.33. The maximum absolute atomic E-state index is 6.00. The molecule has 0 bridgehead atoms. The Balaban J connectivity index is 2.18. The minimum absolute atomic E-state index is 0.276. The molecule has 1 heterocycles. The standard InChI is InChI=1S/C16H22N2S/c1-12-6-13(2)8-15(7-12)16(9-17)18(3)10-14-4-5-19-11-14/h4-8,11,16H,9-10,17H2,1-3H3. The summed E-state index contributed by atoms with van der Waals surface area (Å²) in [4.78, 5) is 2.33. The van der Waals surface area contributed by atoms with Crippen LogP contribution in [0.25, 0.3) is 0 Å². The van der Waals surface area contributed by atoms with Crippen LogP contribution in [0.2, 0.25) is 0 Å². The third-order valence-corrected chi connectivity index (χ3v) is 4.13. The largest absolute Gasteiger partial charge is 0.329 e. The zero-order valence-corrected chi connectivity index (χ0v) is 12.7. The van der Waals surface area contributed by atoms with E-state index in [0.717, 1.165) is 6.54 Å². The number of aryl methyl sites for hydroxylation is 2. The van der Waals surface area contributed by atoms with Crippen LogP contribution in [-0.2, 0) is 6.54 Å². The fourth-order valence-corrected chi connectivity index (χ4v) is 3.21. The number of nitrogens with two attached hydrogens (primary N) is 1. The van der Waals surface area contributed by atoms with Crippen molar-refractivity contribution in [2.45, 2.75) is 26.4 Å². The van der Waals surface area contributed by atoms with E-state index in [9.17, 15) is 0 Å². The van der Waals surface area contributed by atoms with Gasteiger partial charge in [0.25, 0.3) is 0 Å². The Morgan fingerprint density at radius 2 is 1.89 bits per heavy atom. The van der Waals surface area contributed by atoms with Gasteiger partial charge in [-0.25, -0.2) is 0 Å². The van der Waals surface area contributed by atoms with E-state index in [4.69, 9.17) is 5.73 Å². The quantitative estimate of drug-likeness (QED) is 0.904. The van der Waals surface area contributed by atoms with Crippen LogP contribution in [0, 0.1) is 13.8 Å². The first-order valence-corrected chi connectivity index (χ1v) is 7.54. The summed E-state index contributed by atoms with van der Waals surface area (Å²) in [6.45, 7) is 5.87. The second-order valence-electron chi connectivity index (χ2n) is 5.22. The van der Waals surface area contributed by atoms with Crippen LogP contribution in [0.15, 0.2) is 35.0 Å². The summed E-state index contributed by atoms with van der Waals surface area (Å²) in [6.07, 6.45) is 0. The summed E-state index contributed by atoms with van der Waals surface area (Å²) in [5.74, 6) is 0. The molecule has 0 saturated heterocycles. The number of nitrogens with zero attached hydrogens (tertiary/aromatic N) is 1. The molecule has 2 rings (SSSR count). The van der Waals surface area contributed by atoms with Gasteiger partial charge in [-0.1, -0.05) is 29.3 Å². The Bertz CT molecular complexity index is 499. The number of hydrogen-bond donors (Lipinski definition) is 1. The highest BCUT2D eigenvalue weighted by molar-refractivity contribution is 7.07. The lowest BCUT2D eigenvalue weighted by molar-refractivity contribution is 0.242. The van der Waals surface area contributed by atoms with Gasteiger partial charge in [-0.2, -0.15) is 11.3 Å². The van der Waals surface area contributed by atoms with E-state index in [1.54, 1.807) is 11.3 Å². The second-order valence-corrected chi connectivity index (χ2v) is 6.00. The lowest BCUT2D eigenvalue weighted by Gasteiger charge is -2.27. The van der Waals surface area contributed by atoms with Crippen molar-refractivity contribution >= 4 is 11.3 Å². The molecule has 0 aliphatic heterocycles. The molecule has 0 saturated carbocycles. The average Bonchev–Trinajstić information content (AvgIpc) is 2.81. The molecule has 0 aliphatic carbocycles. The third-order valence-electron chi connectivity index (χ3n) is 3.40. The molecule has 102 valence electrons. The number of benzene rings is 1. The van der Waals surface area contributed by atoms with Gasteiger partial charge >= 0.3 is 0 Å². The molecule has 2 nitrogen and oxygen atoms in total. The van der Waals surface area contributed by atoms with Crippen LogP contribution in [0.3, 0.4) is 0 Å². The van der Waals surface area contributed by atoms with Crippen molar-refractivity contribution < 1.29 is 0 Å². The molecule has 19 heavy (non-hydrogen) atoms. The molecule has 0 amide bonds. The summed E-state index contributed by atoms with van der Waals surface area (Å²) < 4.78 is 0. The molecule has 0 radical (unpaired) electrons. The minimum Gasteiger partial charge on any atom is -0.329 e. The van der Waals surface area contributed by atoms with E-state index in [0.29, 0.717) is 6.54 Å². The van der Waals surface area contributed by atoms with Gasteiger partial charge in [-0.3, -0.25) is 4.90 Å². The van der Waals surface area contributed by atoms with Gasteiger partial charge in [-0.05, 0) is 48.8 Å². The summed E-state index contributed by atoms with van der Waals surface area (Å²) in [5.41, 5.74) is 11.3. The highest BCUT2D eigenvalue weighted by atomic mass is 32.1. The minimum atomic E-state index is 0.276. The Morgan fingerprint density at radius 3 is 2.42 bits per heavy atom. The molecule has 1 aromatic heterocycles. The van der Waals surface area contributed by atoms with Gasteiger partial charge in [0.15, 0.2) is 0 Å². The normalized spacial score (nSPS) is 12.9. The molecular formula is C16H22N2S. The molecule has 0 spiro atoms. The van der Waals surface area contributed by atoms with Crippen LogP contribution in [-0.4, -0.2) is 18.5 Å². The summed E-state index contributed by atoms with van der Waals surface area (Å²) >= 11 is 1.74. The zero-order valence-electron chi connectivity index (χ0n) is 11.9. The van der Waals surface area contributed by atoms with Crippen LogP contribution in [0.1, 0.15) is 28.3 Å². The van der Waals surface area contributed by atoms with Crippen molar-refractivity contribution in [3.05, 3.63) is 57.3 Å². The Morgan fingerprint density at radius 1 is 1.21 bits per heavy atom. The predicted octanol–water partition coefficient (Wildman–Crippen LogP) is 3.50. The van der Waals surface area contributed by atoms with E-state index in [-0.39, 0.29) is 6.04 Å². The first-order chi connectivity index (χ1) is 9.10. The van der Waals surface area contributed by atoms with E-state index < -0.39 is 0 Å². The molecule has 1 unspecified atom stereocenters. The van der Waals surface area contributed by atoms with Gasteiger partial charge < -0.3 is 5.73 Å². The van der Waals surface area contributed by atoms with Crippen molar-refractivity contribution in [3.63, 3.8) is 0 Å². The van der Waals surface area contributed by atoms with Crippen LogP contribution < -0.4 is 5.73 Å². The highest BCUT2D eigenvalue weighted by Crippen LogP contribution is 2.23. The number of thiophene rings is 1. The third kappa shape index (κ3) is 3.66. The zero-order chi connectivity index (χ0) is 13.8. The Labute approximate surface area is 119 Å².